The SMILES string of the molecule is CCCCCCCCC(NC)c1ccccc1C. The van der Waals surface area contributed by atoms with Gasteiger partial charge >= 0.3 is 0 Å². The van der Waals surface area contributed by atoms with Gasteiger partial charge in [0, 0.05) is 6.04 Å². The molecule has 0 aliphatic heterocycles. The number of unbranched alkanes of at least 4 members (excludes halogenated alkanes) is 5. The number of nitrogens with one attached hydrogen (secondary N) is 1. The van der Waals surface area contributed by atoms with Crippen LogP contribution >= 0.6 is 0 Å². The molecular formula is C17H29N. The van der Waals surface area contributed by atoms with Crippen molar-refractivity contribution < 1.29 is 0 Å². The van der Waals surface area contributed by atoms with Gasteiger partial charge in [-0.05, 0) is 31.5 Å². The van der Waals surface area contributed by atoms with Crippen LogP contribution in [0.15, 0.2) is 24.3 Å². The second kappa shape index (κ2) is 9.16. The molecule has 1 aromatic carbocycles. The van der Waals surface area contributed by atoms with Gasteiger partial charge in [0.25, 0.3) is 0 Å². The minimum Gasteiger partial charge on any atom is -0.313 e. The molecule has 0 saturated heterocycles. The summed E-state index contributed by atoms with van der Waals surface area (Å²) >= 11 is 0. The van der Waals surface area contributed by atoms with Gasteiger partial charge in [0.05, 0.1) is 0 Å². The molecule has 0 fully saturated rings. The van der Waals surface area contributed by atoms with Gasteiger partial charge in [-0.1, -0.05) is 69.7 Å². The summed E-state index contributed by atoms with van der Waals surface area (Å²) in [5.41, 5.74) is 2.87. The lowest BCUT2D eigenvalue weighted by Gasteiger charge is -2.18. The molecule has 1 heteroatoms. The fourth-order valence-electron chi connectivity index (χ4n) is 2.56. The molecule has 1 atom stereocenters. The first kappa shape index (κ1) is 15.2. The van der Waals surface area contributed by atoms with Gasteiger partial charge in [0.2, 0.25) is 0 Å². The molecule has 1 rings (SSSR count). The molecule has 0 aromatic heterocycles. The Labute approximate surface area is 113 Å². The van der Waals surface area contributed by atoms with E-state index in [9.17, 15) is 0 Å². The molecule has 18 heavy (non-hydrogen) atoms. The summed E-state index contributed by atoms with van der Waals surface area (Å²) in [6.45, 7) is 4.48. The van der Waals surface area contributed by atoms with Gasteiger partial charge in [-0.15, -0.1) is 0 Å². The molecule has 0 aliphatic carbocycles. The zero-order chi connectivity index (χ0) is 13.2. The van der Waals surface area contributed by atoms with Gasteiger partial charge in [0.1, 0.15) is 0 Å². The van der Waals surface area contributed by atoms with Crippen LogP contribution in [0.25, 0.3) is 0 Å². The zero-order valence-corrected chi connectivity index (χ0v) is 12.3. The second-order valence-corrected chi connectivity index (χ2v) is 5.25. The van der Waals surface area contributed by atoms with Crippen molar-refractivity contribution in [1.29, 1.82) is 0 Å². The molecule has 1 N–H and O–H groups in total. The van der Waals surface area contributed by atoms with E-state index in [-0.39, 0.29) is 0 Å². The van der Waals surface area contributed by atoms with Crippen LogP contribution in [0.3, 0.4) is 0 Å². The van der Waals surface area contributed by atoms with Crippen molar-refractivity contribution in [1.82, 2.24) is 5.32 Å². The molecule has 0 bridgehead atoms. The summed E-state index contributed by atoms with van der Waals surface area (Å²) in [5, 5.41) is 3.46. The Morgan fingerprint density at radius 3 is 2.33 bits per heavy atom. The van der Waals surface area contributed by atoms with Gasteiger partial charge < -0.3 is 5.32 Å². The molecule has 0 radical (unpaired) electrons. The van der Waals surface area contributed by atoms with Crippen molar-refractivity contribution in [3.63, 3.8) is 0 Å². The van der Waals surface area contributed by atoms with Gasteiger partial charge in [0.15, 0.2) is 0 Å². The Morgan fingerprint density at radius 1 is 1.00 bits per heavy atom. The smallest absolute Gasteiger partial charge is 0.0320 e. The standard InChI is InChI=1S/C17H29N/c1-4-5-6-7-8-9-14-17(18-3)16-13-11-10-12-15(16)2/h10-13,17-18H,4-9,14H2,1-3H3. The van der Waals surface area contributed by atoms with E-state index in [1.807, 2.05) is 0 Å². The van der Waals surface area contributed by atoms with Crippen LogP contribution in [0.5, 0.6) is 0 Å². The Balaban J connectivity index is 2.32. The Bertz CT molecular complexity index is 319. The third kappa shape index (κ3) is 5.22. The van der Waals surface area contributed by atoms with Crippen LogP contribution in [0.1, 0.15) is 69.0 Å². The van der Waals surface area contributed by atoms with E-state index in [4.69, 9.17) is 0 Å². The summed E-state index contributed by atoms with van der Waals surface area (Å²) in [4.78, 5) is 0. The van der Waals surface area contributed by atoms with E-state index in [1.165, 1.54) is 56.1 Å². The number of hydrogen-bond acceptors (Lipinski definition) is 1. The fourth-order valence-corrected chi connectivity index (χ4v) is 2.56. The Kier molecular flexibility index (Phi) is 7.75. The highest BCUT2D eigenvalue weighted by atomic mass is 14.9. The predicted octanol–water partition coefficient (Wildman–Crippen LogP) is 5.01. The number of aryl methyl sites for hydroxylation is 1. The topological polar surface area (TPSA) is 12.0 Å². The molecule has 0 heterocycles. The van der Waals surface area contributed by atoms with E-state index >= 15 is 0 Å². The highest BCUT2D eigenvalue weighted by Gasteiger charge is 2.10. The lowest BCUT2D eigenvalue weighted by Crippen LogP contribution is -2.17. The molecule has 0 aliphatic rings. The zero-order valence-electron chi connectivity index (χ0n) is 12.3. The van der Waals surface area contributed by atoms with Crippen molar-refractivity contribution in [3.05, 3.63) is 35.4 Å². The highest BCUT2D eigenvalue weighted by Crippen LogP contribution is 2.22. The Hall–Kier alpha value is -0.820. The highest BCUT2D eigenvalue weighted by molar-refractivity contribution is 5.28. The summed E-state index contributed by atoms with van der Waals surface area (Å²) in [5.74, 6) is 0. The maximum Gasteiger partial charge on any atom is 0.0320 e. The summed E-state index contributed by atoms with van der Waals surface area (Å²) in [6.07, 6.45) is 9.51. The third-order valence-electron chi connectivity index (χ3n) is 3.76. The van der Waals surface area contributed by atoms with E-state index in [2.05, 4.69) is 50.5 Å². The quantitative estimate of drug-likeness (QED) is 0.605. The molecular weight excluding hydrogens is 218 g/mol. The maximum absolute atomic E-state index is 3.46. The molecule has 0 amide bonds. The minimum absolute atomic E-state index is 0.525. The van der Waals surface area contributed by atoms with Crippen molar-refractivity contribution in [2.75, 3.05) is 7.05 Å². The molecule has 0 spiro atoms. The largest absolute Gasteiger partial charge is 0.313 e. The van der Waals surface area contributed by atoms with Crippen LogP contribution in [-0.4, -0.2) is 7.05 Å². The van der Waals surface area contributed by atoms with Crippen molar-refractivity contribution in [2.24, 2.45) is 0 Å². The first-order valence-electron chi connectivity index (χ1n) is 7.52. The average Bonchev–Trinajstić information content (AvgIpc) is 2.39. The lowest BCUT2D eigenvalue weighted by atomic mass is 9.96. The Morgan fingerprint density at radius 2 is 1.67 bits per heavy atom. The second-order valence-electron chi connectivity index (χ2n) is 5.25. The first-order chi connectivity index (χ1) is 8.79. The van der Waals surface area contributed by atoms with Crippen LogP contribution in [0.4, 0.5) is 0 Å². The molecule has 0 saturated carbocycles. The third-order valence-corrected chi connectivity index (χ3v) is 3.76. The van der Waals surface area contributed by atoms with Crippen LogP contribution in [0, 0.1) is 6.92 Å². The van der Waals surface area contributed by atoms with Gasteiger partial charge in [-0.3, -0.25) is 0 Å². The summed E-state index contributed by atoms with van der Waals surface area (Å²) in [6, 6.07) is 9.26. The number of hydrogen-bond donors (Lipinski definition) is 1. The van der Waals surface area contributed by atoms with E-state index in [0.29, 0.717) is 6.04 Å². The summed E-state index contributed by atoms with van der Waals surface area (Å²) < 4.78 is 0. The lowest BCUT2D eigenvalue weighted by molar-refractivity contribution is 0.496. The predicted molar refractivity (Wildman–Crippen MR) is 81.0 cm³/mol. The van der Waals surface area contributed by atoms with Gasteiger partial charge in [-0.25, -0.2) is 0 Å². The van der Waals surface area contributed by atoms with E-state index in [1.54, 1.807) is 0 Å². The molecule has 1 nitrogen and oxygen atoms in total. The van der Waals surface area contributed by atoms with Crippen LogP contribution < -0.4 is 5.32 Å². The van der Waals surface area contributed by atoms with Crippen molar-refractivity contribution >= 4 is 0 Å². The fraction of sp³-hybridized carbons (Fsp3) is 0.647. The minimum atomic E-state index is 0.525. The summed E-state index contributed by atoms with van der Waals surface area (Å²) in [7, 11) is 2.08. The van der Waals surface area contributed by atoms with Crippen molar-refractivity contribution in [3.8, 4) is 0 Å². The van der Waals surface area contributed by atoms with E-state index < -0.39 is 0 Å². The van der Waals surface area contributed by atoms with Gasteiger partial charge in [-0.2, -0.15) is 0 Å². The van der Waals surface area contributed by atoms with Crippen molar-refractivity contribution in [2.45, 2.75) is 64.8 Å². The average molecular weight is 247 g/mol. The molecule has 1 aromatic rings. The number of benzene rings is 1. The normalized spacial score (nSPS) is 12.6. The van der Waals surface area contributed by atoms with Crippen LogP contribution in [0.2, 0.25) is 0 Å². The molecule has 102 valence electrons. The number of rotatable bonds is 9. The molecule has 1 unspecified atom stereocenters. The first-order valence-corrected chi connectivity index (χ1v) is 7.52. The maximum atomic E-state index is 3.46. The monoisotopic (exact) mass is 247 g/mol. The van der Waals surface area contributed by atoms with Crippen LogP contribution in [-0.2, 0) is 0 Å². The van der Waals surface area contributed by atoms with E-state index in [0.717, 1.165) is 0 Å².